The topological polar surface area (TPSA) is 61.8 Å². The highest BCUT2D eigenvalue weighted by Crippen LogP contribution is 2.65. The number of hydrogen-bond donors (Lipinski definition) is 0. The Kier molecular flexibility index (Phi) is 5.88. The smallest absolute Gasteiger partial charge is 0.303 e. The van der Waals surface area contributed by atoms with E-state index in [0.29, 0.717) is 11.3 Å². The molecule has 5 heteroatoms. The first-order valence-electron chi connectivity index (χ1n) is 11.3. The molecule has 6 atom stereocenters. The van der Waals surface area contributed by atoms with Crippen LogP contribution in [0.25, 0.3) is 0 Å². The summed E-state index contributed by atoms with van der Waals surface area (Å²) in [5.74, 6) is 0.472. The molecule has 1 saturated heterocycles. The van der Waals surface area contributed by atoms with Crippen molar-refractivity contribution in [1.82, 2.24) is 0 Å². The second kappa shape index (κ2) is 7.55. The van der Waals surface area contributed by atoms with Crippen molar-refractivity contribution in [2.45, 2.75) is 111 Å². The molecule has 0 N–H and O–H groups in total. The second-order valence-corrected chi connectivity index (χ2v) is 11.2. The number of esters is 2. The molecule has 0 amide bonds. The van der Waals surface area contributed by atoms with Gasteiger partial charge in [-0.25, -0.2) is 0 Å². The van der Waals surface area contributed by atoms with E-state index >= 15 is 0 Å². The number of ether oxygens (including phenoxy) is 3. The lowest BCUT2D eigenvalue weighted by atomic mass is 9.44. The Morgan fingerprint density at radius 1 is 0.931 bits per heavy atom. The number of hydrogen-bond acceptors (Lipinski definition) is 5. The van der Waals surface area contributed by atoms with Crippen molar-refractivity contribution < 1.29 is 23.8 Å². The molecule has 0 aromatic heterocycles. The van der Waals surface area contributed by atoms with Gasteiger partial charge in [-0.1, -0.05) is 27.2 Å². The van der Waals surface area contributed by atoms with E-state index in [-0.39, 0.29) is 29.6 Å². The summed E-state index contributed by atoms with van der Waals surface area (Å²) in [6, 6.07) is 0. The van der Waals surface area contributed by atoms with Crippen LogP contribution in [0.1, 0.15) is 93.4 Å². The van der Waals surface area contributed by atoms with Gasteiger partial charge in [0.15, 0.2) is 6.10 Å². The molecule has 1 heterocycles. The molecular weight excluding hydrogens is 368 g/mol. The zero-order valence-corrected chi connectivity index (χ0v) is 19.4. The van der Waals surface area contributed by atoms with Crippen molar-refractivity contribution in [3.05, 3.63) is 0 Å². The van der Waals surface area contributed by atoms with Gasteiger partial charge in [-0.05, 0) is 75.0 Å². The van der Waals surface area contributed by atoms with Gasteiger partial charge in [0.2, 0.25) is 0 Å². The first-order valence-corrected chi connectivity index (χ1v) is 11.3. The van der Waals surface area contributed by atoms with Crippen LogP contribution in [-0.2, 0) is 23.8 Å². The van der Waals surface area contributed by atoms with Crippen LogP contribution in [0.4, 0.5) is 0 Å². The molecule has 0 aromatic carbocycles. The average Bonchev–Trinajstić information content (AvgIpc) is 2.56. The van der Waals surface area contributed by atoms with E-state index in [9.17, 15) is 9.59 Å². The molecule has 1 unspecified atom stereocenters. The van der Waals surface area contributed by atoms with Gasteiger partial charge in [0.05, 0.1) is 5.60 Å². The predicted octanol–water partition coefficient (Wildman–Crippen LogP) is 5.05. The van der Waals surface area contributed by atoms with Crippen LogP contribution in [0, 0.1) is 22.7 Å². The number of carbonyl (C=O) groups is 2. The highest BCUT2D eigenvalue weighted by atomic mass is 16.6. The summed E-state index contributed by atoms with van der Waals surface area (Å²) in [7, 11) is 0. The zero-order valence-electron chi connectivity index (χ0n) is 19.4. The van der Waals surface area contributed by atoms with Crippen molar-refractivity contribution in [2.75, 3.05) is 6.61 Å². The minimum Gasteiger partial charge on any atom is -0.462 e. The van der Waals surface area contributed by atoms with Crippen LogP contribution >= 0.6 is 0 Å². The van der Waals surface area contributed by atoms with Crippen LogP contribution in [0.2, 0.25) is 0 Å². The van der Waals surface area contributed by atoms with Crippen LogP contribution in [0.5, 0.6) is 0 Å². The molecular formula is C24H40O5. The van der Waals surface area contributed by atoms with Gasteiger partial charge >= 0.3 is 11.9 Å². The third-order valence-corrected chi connectivity index (χ3v) is 8.56. The normalized spacial score (nSPS) is 42.2. The third-order valence-electron chi connectivity index (χ3n) is 8.56. The van der Waals surface area contributed by atoms with E-state index in [1.807, 2.05) is 6.92 Å². The van der Waals surface area contributed by atoms with E-state index in [4.69, 9.17) is 14.2 Å². The SMILES string of the molecule is CC(=O)OCC(OC(C)=O)[C@]1(C)CC[C@@H]2[C@@]3(C)CCCC(C)(C)[C@@H]3CC[C@@]2(C)O1. The fraction of sp³-hybridized carbons (Fsp3) is 0.917. The largest absolute Gasteiger partial charge is 0.462 e. The molecule has 0 bridgehead atoms. The van der Waals surface area contributed by atoms with E-state index in [1.165, 1.54) is 39.5 Å². The Morgan fingerprint density at radius 3 is 2.21 bits per heavy atom. The van der Waals surface area contributed by atoms with Gasteiger partial charge in [-0.15, -0.1) is 0 Å². The molecule has 29 heavy (non-hydrogen) atoms. The summed E-state index contributed by atoms with van der Waals surface area (Å²) in [5.41, 5.74) is -0.242. The van der Waals surface area contributed by atoms with Gasteiger partial charge in [-0.3, -0.25) is 9.59 Å². The maximum Gasteiger partial charge on any atom is 0.303 e. The van der Waals surface area contributed by atoms with Crippen LogP contribution in [0.15, 0.2) is 0 Å². The van der Waals surface area contributed by atoms with Gasteiger partial charge in [-0.2, -0.15) is 0 Å². The highest BCUT2D eigenvalue weighted by molar-refractivity contribution is 5.67. The van der Waals surface area contributed by atoms with Crippen molar-refractivity contribution in [3.8, 4) is 0 Å². The van der Waals surface area contributed by atoms with Gasteiger partial charge in [0.1, 0.15) is 12.2 Å². The fourth-order valence-electron chi connectivity index (χ4n) is 7.33. The molecule has 166 valence electrons. The quantitative estimate of drug-likeness (QED) is 0.609. The van der Waals surface area contributed by atoms with Gasteiger partial charge in [0.25, 0.3) is 0 Å². The predicted molar refractivity (Wildman–Crippen MR) is 111 cm³/mol. The Labute approximate surface area is 176 Å². The lowest BCUT2D eigenvalue weighted by molar-refractivity contribution is -0.290. The summed E-state index contributed by atoms with van der Waals surface area (Å²) in [6.07, 6.45) is 7.32. The molecule has 0 aromatic rings. The molecule has 3 rings (SSSR count). The minimum atomic E-state index is -0.653. The number of rotatable bonds is 4. The Morgan fingerprint density at radius 2 is 1.59 bits per heavy atom. The summed E-state index contributed by atoms with van der Waals surface area (Å²) in [4.78, 5) is 23.1. The standard InChI is InChI=1S/C24H40O5/c1-16(25)27-15-20(28-17(2)26)24(7)14-10-19-22(5)12-8-11-21(3,4)18(22)9-13-23(19,6)29-24/h18-20H,8-15H2,1-7H3/t18-,19+,20?,22-,23+,24-/m0/s1. The van der Waals surface area contributed by atoms with Crippen LogP contribution in [-0.4, -0.2) is 35.9 Å². The van der Waals surface area contributed by atoms with E-state index in [1.54, 1.807) is 0 Å². The molecule has 2 aliphatic carbocycles. The summed E-state index contributed by atoms with van der Waals surface area (Å²) < 4.78 is 17.7. The fourth-order valence-corrected chi connectivity index (χ4v) is 7.33. The summed E-state index contributed by atoms with van der Waals surface area (Å²) in [6.45, 7) is 14.5. The maximum absolute atomic E-state index is 11.7. The average molecular weight is 409 g/mol. The number of carbonyl (C=O) groups excluding carboxylic acids is 2. The second-order valence-electron chi connectivity index (χ2n) is 11.2. The molecule has 5 nitrogen and oxygen atoms in total. The van der Waals surface area contributed by atoms with Crippen molar-refractivity contribution in [1.29, 1.82) is 0 Å². The first-order chi connectivity index (χ1) is 13.3. The van der Waals surface area contributed by atoms with Gasteiger partial charge < -0.3 is 14.2 Å². The molecule has 1 aliphatic heterocycles. The Balaban J connectivity index is 1.85. The molecule has 0 radical (unpaired) electrons. The van der Waals surface area contributed by atoms with Crippen molar-refractivity contribution >= 4 is 11.9 Å². The van der Waals surface area contributed by atoms with E-state index < -0.39 is 11.7 Å². The summed E-state index contributed by atoms with van der Waals surface area (Å²) >= 11 is 0. The lowest BCUT2D eigenvalue weighted by Gasteiger charge is -2.65. The Hall–Kier alpha value is -1.10. The van der Waals surface area contributed by atoms with Crippen LogP contribution < -0.4 is 0 Å². The van der Waals surface area contributed by atoms with Crippen molar-refractivity contribution in [3.63, 3.8) is 0 Å². The Bertz CT molecular complexity index is 658. The summed E-state index contributed by atoms with van der Waals surface area (Å²) in [5, 5.41) is 0. The minimum absolute atomic E-state index is 0.0408. The van der Waals surface area contributed by atoms with Gasteiger partial charge in [0, 0.05) is 13.8 Å². The monoisotopic (exact) mass is 408 g/mol. The first kappa shape index (κ1) is 22.6. The zero-order chi connectivity index (χ0) is 21.7. The molecule has 3 aliphatic rings. The van der Waals surface area contributed by atoms with E-state index in [2.05, 4.69) is 27.7 Å². The molecule has 0 spiro atoms. The van der Waals surface area contributed by atoms with Crippen LogP contribution in [0.3, 0.4) is 0 Å². The van der Waals surface area contributed by atoms with E-state index in [0.717, 1.165) is 25.2 Å². The number of fused-ring (bicyclic) bond motifs is 3. The highest BCUT2D eigenvalue weighted by Gasteiger charge is 2.62. The molecule has 2 saturated carbocycles. The van der Waals surface area contributed by atoms with Crippen molar-refractivity contribution in [2.24, 2.45) is 22.7 Å². The maximum atomic E-state index is 11.7. The molecule has 3 fully saturated rings. The third kappa shape index (κ3) is 4.08. The lowest BCUT2D eigenvalue weighted by Crippen LogP contribution is -2.65.